The second-order valence-electron chi connectivity index (χ2n) is 4.61. The highest BCUT2D eigenvalue weighted by molar-refractivity contribution is 5.07. The van der Waals surface area contributed by atoms with E-state index in [1.165, 1.54) is 44.5 Å². The summed E-state index contributed by atoms with van der Waals surface area (Å²) in [4.78, 5) is 2.63. The minimum absolute atomic E-state index is 0.623. The second kappa shape index (κ2) is 3.39. The van der Waals surface area contributed by atoms with E-state index in [-0.39, 0.29) is 0 Å². The van der Waals surface area contributed by atoms with E-state index in [0.717, 1.165) is 5.92 Å². The van der Waals surface area contributed by atoms with E-state index in [1.807, 2.05) is 6.20 Å². The minimum atomic E-state index is 0.623. The number of aromatic amines is 1. The molecule has 1 aromatic rings. The van der Waals surface area contributed by atoms with Crippen molar-refractivity contribution in [3.8, 4) is 0 Å². The molecular weight excluding hydrogens is 174 g/mol. The van der Waals surface area contributed by atoms with E-state index in [1.54, 1.807) is 0 Å². The Morgan fingerprint density at radius 1 is 1.43 bits per heavy atom. The number of rotatable bonds is 3. The average molecular weight is 191 g/mol. The smallest absolute Gasteiger partial charge is 0.0523 e. The fourth-order valence-electron chi connectivity index (χ4n) is 2.48. The molecule has 3 heteroatoms. The first-order chi connectivity index (χ1) is 6.93. The van der Waals surface area contributed by atoms with Gasteiger partial charge in [-0.2, -0.15) is 5.10 Å². The van der Waals surface area contributed by atoms with Gasteiger partial charge in [0.15, 0.2) is 0 Å². The third-order valence-electron chi connectivity index (χ3n) is 3.43. The molecule has 1 aromatic heterocycles. The van der Waals surface area contributed by atoms with Crippen molar-refractivity contribution < 1.29 is 0 Å². The Kier molecular flexibility index (Phi) is 2.05. The summed E-state index contributed by atoms with van der Waals surface area (Å²) in [6.45, 7) is 2.59. The Morgan fingerprint density at radius 2 is 2.36 bits per heavy atom. The molecule has 2 aliphatic rings. The van der Waals surface area contributed by atoms with Crippen molar-refractivity contribution >= 4 is 0 Å². The summed E-state index contributed by atoms with van der Waals surface area (Å²) in [7, 11) is 0. The van der Waals surface area contributed by atoms with Crippen molar-refractivity contribution in [2.45, 2.75) is 31.7 Å². The van der Waals surface area contributed by atoms with Crippen LogP contribution in [-0.2, 0) is 0 Å². The van der Waals surface area contributed by atoms with Crippen molar-refractivity contribution in [2.75, 3.05) is 13.1 Å². The summed E-state index contributed by atoms with van der Waals surface area (Å²) in [6.07, 6.45) is 7.41. The van der Waals surface area contributed by atoms with Gasteiger partial charge in [0.25, 0.3) is 0 Å². The molecule has 3 nitrogen and oxygen atoms in total. The van der Waals surface area contributed by atoms with Gasteiger partial charge in [0.1, 0.15) is 0 Å². The molecule has 76 valence electrons. The maximum atomic E-state index is 4.04. The number of nitrogens with one attached hydrogen (secondary N) is 1. The molecule has 1 aliphatic carbocycles. The van der Waals surface area contributed by atoms with E-state index < -0.39 is 0 Å². The third-order valence-corrected chi connectivity index (χ3v) is 3.43. The van der Waals surface area contributed by atoms with Crippen molar-refractivity contribution in [3.63, 3.8) is 0 Å². The fraction of sp³-hybridized carbons (Fsp3) is 0.727. The zero-order valence-corrected chi connectivity index (χ0v) is 8.45. The first kappa shape index (κ1) is 8.48. The standard InChI is InChI=1S/C11H17N3/c1-2-11(10-5-6-12-13-10)14(7-1)8-9-3-4-9/h5-6,9,11H,1-4,7-8H2,(H,12,13). The molecule has 0 spiro atoms. The summed E-state index contributed by atoms with van der Waals surface area (Å²) < 4.78 is 0. The van der Waals surface area contributed by atoms with Crippen LogP contribution in [0.15, 0.2) is 12.3 Å². The monoisotopic (exact) mass is 191 g/mol. The SMILES string of the molecule is c1cc(C2CCCN2CC2CC2)[nH]n1. The fourth-order valence-corrected chi connectivity index (χ4v) is 2.48. The van der Waals surface area contributed by atoms with E-state index in [2.05, 4.69) is 21.2 Å². The summed E-state index contributed by atoms with van der Waals surface area (Å²) in [6, 6.07) is 2.74. The van der Waals surface area contributed by atoms with E-state index in [4.69, 9.17) is 0 Å². The maximum absolute atomic E-state index is 4.04. The van der Waals surface area contributed by atoms with Crippen LogP contribution in [0, 0.1) is 5.92 Å². The Morgan fingerprint density at radius 3 is 3.07 bits per heavy atom. The quantitative estimate of drug-likeness (QED) is 0.792. The lowest BCUT2D eigenvalue weighted by Crippen LogP contribution is -2.25. The summed E-state index contributed by atoms with van der Waals surface area (Å²) in [5, 5.41) is 7.16. The van der Waals surface area contributed by atoms with Gasteiger partial charge < -0.3 is 0 Å². The summed E-state index contributed by atoms with van der Waals surface area (Å²) in [5.74, 6) is 0.999. The van der Waals surface area contributed by atoms with Crippen molar-refractivity contribution in [1.29, 1.82) is 0 Å². The van der Waals surface area contributed by atoms with Gasteiger partial charge in [-0.1, -0.05) is 0 Å². The van der Waals surface area contributed by atoms with E-state index >= 15 is 0 Å². The molecule has 2 fully saturated rings. The predicted octanol–water partition coefficient (Wildman–Crippen LogP) is 1.96. The van der Waals surface area contributed by atoms with Gasteiger partial charge in [-0.15, -0.1) is 0 Å². The van der Waals surface area contributed by atoms with E-state index in [9.17, 15) is 0 Å². The molecule has 0 radical (unpaired) electrons. The molecule has 14 heavy (non-hydrogen) atoms. The van der Waals surface area contributed by atoms with Crippen molar-refractivity contribution in [2.24, 2.45) is 5.92 Å². The molecule has 1 aliphatic heterocycles. The van der Waals surface area contributed by atoms with Gasteiger partial charge in [-0.25, -0.2) is 0 Å². The van der Waals surface area contributed by atoms with Gasteiger partial charge in [0.05, 0.1) is 11.7 Å². The summed E-state index contributed by atoms with van der Waals surface area (Å²) in [5.41, 5.74) is 1.31. The molecule has 1 atom stereocenters. The topological polar surface area (TPSA) is 31.9 Å². The molecule has 3 rings (SSSR count). The van der Waals surface area contributed by atoms with Gasteiger partial charge in [-0.3, -0.25) is 10.00 Å². The lowest BCUT2D eigenvalue weighted by molar-refractivity contribution is 0.243. The third kappa shape index (κ3) is 1.57. The van der Waals surface area contributed by atoms with Gasteiger partial charge in [-0.05, 0) is 44.2 Å². The molecule has 0 bridgehead atoms. The van der Waals surface area contributed by atoms with Crippen LogP contribution in [0.25, 0.3) is 0 Å². The highest BCUT2D eigenvalue weighted by Gasteiger charge is 2.32. The minimum Gasteiger partial charge on any atom is -0.295 e. The molecule has 0 aromatic carbocycles. The van der Waals surface area contributed by atoms with Crippen LogP contribution < -0.4 is 0 Å². The normalized spacial score (nSPS) is 28.4. The largest absolute Gasteiger partial charge is 0.295 e. The second-order valence-corrected chi connectivity index (χ2v) is 4.61. The highest BCUT2D eigenvalue weighted by atomic mass is 15.2. The lowest BCUT2D eigenvalue weighted by atomic mass is 10.1. The first-order valence-corrected chi connectivity index (χ1v) is 5.67. The predicted molar refractivity (Wildman–Crippen MR) is 54.9 cm³/mol. The Balaban J connectivity index is 1.71. The molecule has 1 unspecified atom stereocenters. The van der Waals surface area contributed by atoms with Gasteiger partial charge in [0, 0.05) is 12.7 Å². The summed E-state index contributed by atoms with van der Waals surface area (Å²) >= 11 is 0. The average Bonchev–Trinajstić information content (AvgIpc) is 2.68. The van der Waals surface area contributed by atoms with Crippen LogP contribution in [0.1, 0.15) is 37.4 Å². The number of hydrogen-bond acceptors (Lipinski definition) is 2. The number of H-pyrrole nitrogens is 1. The van der Waals surface area contributed by atoms with Crippen LogP contribution in [0.5, 0.6) is 0 Å². The van der Waals surface area contributed by atoms with E-state index in [0.29, 0.717) is 6.04 Å². The number of likely N-dealkylation sites (tertiary alicyclic amines) is 1. The van der Waals surface area contributed by atoms with Gasteiger partial charge in [0.2, 0.25) is 0 Å². The zero-order valence-electron chi connectivity index (χ0n) is 8.45. The van der Waals surface area contributed by atoms with Crippen LogP contribution in [0.4, 0.5) is 0 Å². The number of aromatic nitrogens is 2. The van der Waals surface area contributed by atoms with Crippen molar-refractivity contribution in [3.05, 3.63) is 18.0 Å². The van der Waals surface area contributed by atoms with Crippen LogP contribution >= 0.6 is 0 Å². The molecule has 1 saturated heterocycles. The van der Waals surface area contributed by atoms with Crippen LogP contribution in [-0.4, -0.2) is 28.2 Å². The van der Waals surface area contributed by atoms with Crippen molar-refractivity contribution in [1.82, 2.24) is 15.1 Å². The number of nitrogens with zero attached hydrogens (tertiary/aromatic N) is 2. The molecule has 1 N–H and O–H groups in total. The molecule has 1 saturated carbocycles. The maximum Gasteiger partial charge on any atom is 0.0523 e. The number of hydrogen-bond donors (Lipinski definition) is 1. The Hall–Kier alpha value is -0.830. The first-order valence-electron chi connectivity index (χ1n) is 5.67. The van der Waals surface area contributed by atoms with Gasteiger partial charge >= 0.3 is 0 Å². The lowest BCUT2D eigenvalue weighted by Gasteiger charge is -2.22. The Bertz CT molecular complexity index is 289. The van der Waals surface area contributed by atoms with Crippen LogP contribution in [0.3, 0.4) is 0 Å². The zero-order chi connectivity index (χ0) is 9.38. The molecule has 2 heterocycles. The highest BCUT2D eigenvalue weighted by Crippen LogP contribution is 2.36. The molecule has 0 amide bonds. The molecular formula is C11H17N3. The Labute approximate surface area is 84.5 Å². The van der Waals surface area contributed by atoms with Crippen LogP contribution in [0.2, 0.25) is 0 Å².